The van der Waals surface area contributed by atoms with Crippen LogP contribution in [0.1, 0.15) is 348 Å². The average molecular weight is 1160 g/mol. The van der Waals surface area contributed by atoms with Gasteiger partial charge in [-0.2, -0.15) is 0 Å². The summed E-state index contributed by atoms with van der Waals surface area (Å²) < 4.78 is 33.1. The summed E-state index contributed by atoms with van der Waals surface area (Å²) in [6, 6.07) is 0. The third-order valence-electron chi connectivity index (χ3n) is 15.4. The number of nitrogens with two attached hydrogens (primary N) is 1. The third kappa shape index (κ3) is 66.7. The number of carbonyl (C=O) groups excluding carboxylic acids is 2. The summed E-state index contributed by atoms with van der Waals surface area (Å²) in [7, 11) is -4.39. The van der Waals surface area contributed by atoms with Crippen LogP contribution in [0.15, 0.2) is 60.8 Å². The second-order valence-electron chi connectivity index (χ2n) is 23.4. The Morgan fingerprint density at radius 2 is 0.679 bits per heavy atom. The highest BCUT2D eigenvalue weighted by Gasteiger charge is 2.26. The van der Waals surface area contributed by atoms with E-state index in [1.54, 1.807) is 0 Å². The number of hydrogen-bond donors (Lipinski definition) is 2. The van der Waals surface area contributed by atoms with Crippen molar-refractivity contribution in [1.82, 2.24) is 0 Å². The molecule has 0 aromatic rings. The van der Waals surface area contributed by atoms with Crippen LogP contribution in [0.4, 0.5) is 0 Å². The topological polar surface area (TPSA) is 134 Å². The summed E-state index contributed by atoms with van der Waals surface area (Å²) in [4.78, 5) is 35.3. The Morgan fingerprint density at radius 1 is 0.383 bits per heavy atom. The normalized spacial score (nSPS) is 13.3. The molecule has 0 radical (unpaired) electrons. The van der Waals surface area contributed by atoms with E-state index in [-0.39, 0.29) is 38.6 Å². The van der Waals surface area contributed by atoms with Crippen molar-refractivity contribution in [3.05, 3.63) is 60.8 Å². The highest BCUT2D eigenvalue weighted by molar-refractivity contribution is 7.47. The molecule has 474 valence electrons. The minimum atomic E-state index is -4.39. The van der Waals surface area contributed by atoms with E-state index in [1.807, 2.05) is 0 Å². The van der Waals surface area contributed by atoms with Gasteiger partial charge in [-0.1, -0.05) is 319 Å². The molecule has 2 unspecified atom stereocenters. The monoisotopic (exact) mass is 1160 g/mol. The number of ether oxygens (including phenoxy) is 2. The Hall–Kier alpha value is -2.29. The molecule has 2 atom stereocenters. The molecule has 0 fully saturated rings. The van der Waals surface area contributed by atoms with Crippen LogP contribution in [0, 0.1) is 0 Å². The maximum absolute atomic E-state index is 12.7. The van der Waals surface area contributed by atoms with E-state index >= 15 is 0 Å². The number of allylic oxidation sites excluding steroid dienone is 10. The Morgan fingerprint density at radius 3 is 1.02 bits per heavy atom. The van der Waals surface area contributed by atoms with Crippen molar-refractivity contribution in [3.63, 3.8) is 0 Å². The van der Waals surface area contributed by atoms with E-state index in [0.29, 0.717) is 6.42 Å². The zero-order valence-electron chi connectivity index (χ0n) is 53.3. The van der Waals surface area contributed by atoms with E-state index in [2.05, 4.69) is 74.6 Å². The van der Waals surface area contributed by atoms with Gasteiger partial charge >= 0.3 is 19.8 Å². The first-order valence-electron chi connectivity index (χ1n) is 34.8. The second kappa shape index (κ2) is 66.8. The molecule has 0 saturated heterocycles. The maximum atomic E-state index is 12.7. The average Bonchev–Trinajstić information content (AvgIpc) is 3.46. The first kappa shape index (κ1) is 78.7. The minimum absolute atomic E-state index is 0.0548. The smallest absolute Gasteiger partial charge is 0.462 e. The molecule has 0 aromatic heterocycles. The van der Waals surface area contributed by atoms with Gasteiger partial charge in [0.2, 0.25) is 0 Å². The molecule has 0 heterocycles. The molecule has 0 aliphatic heterocycles. The highest BCUT2D eigenvalue weighted by atomic mass is 31.2. The van der Waals surface area contributed by atoms with Gasteiger partial charge in [0.05, 0.1) is 13.2 Å². The van der Waals surface area contributed by atoms with Gasteiger partial charge in [0.25, 0.3) is 0 Å². The largest absolute Gasteiger partial charge is 0.472 e. The summed E-state index contributed by atoms with van der Waals surface area (Å²) >= 11 is 0. The van der Waals surface area contributed by atoms with Crippen LogP contribution in [0.2, 0.25) is 0 Å². The van der Waals surface area contributed by atoms with Crippen molar-refractivity contribution in [3.8, 4) is 0 Å². The van der Waals surface area contributed by atoms with Crippen molar-refractivity contribution in [2.45, 2.75) is 354 Å². The number of phosphoric acid groups is 1. The van der Waals surface area contributed by atoms with Gasteiger partial charge < -0.3 is 20.1 Å². The minimum Gasteiger partial charge on any atom is -0.462 e. The van der Waals surface area contributed by atoms with Crippen molar-refractivity contribution >= 4 is 19.8 Å². The standard InChI is InChI=1S/C71H132NO8P/c1-3-5-7-9-11-13-15-17-19-21-23-24-25-26-27-28-29-30-31-32-33-34-35-36-37-38-39-40-41-42-43-44-46-48-50-52-54-56-58-60-62-64-71(74)80-69(68-79-81(75,76)78-66-65-72)67-77-70(73)63-61-59-57-55-53-51-49-47-45-22-20-18-16-14-12-10-8-6-4-2/h5,7,11,13,17-20,23-24,69H,3-4,6,8-10,12,14-16,21-22,25-68,72H2,1-2H3,(H,75,76)/b7-5-,13-11-,19-17-,20-18-,24-23-. The fourth-order valence-corrected chi connectivity index (χ4v) is 11.0. The maximum Gasteiger partial charge on any atom is 0.472 e. The van der Waals surface area contributed by atoms with E-state index in [9.17, 15) is 19.0 Å². The molecule has 9 nitrogen and oxygen atoms in total. The molecule has 0 rings (SSSR count). The van der Waals surface area contributed by atoms with Gasteiger partial charge in [0, 0.05) is 19.4 Å². The predicted molar refractivity (Wildman–Crippen MR) is 349 cm³/mol. The molecule has 0 aromatic carbocycles. The quantitative estimate of drug-likeness (QED) is 0.0264. The number of carbonyl (C=O) groups is 2. The Bertz CT molecular complexity index is 1510. The zero-order chi connectivity index (χ0) is 58.7. The molecular formula is C71H132NO8P. The lowest BCUT2D eigenvalue weighted by Crippen LogP contribution is -2.29. The second-order valence-corrected chi connectivity index (χ2v) is 24.8. The summed E-state index contributed by atoms with van der Waals surface area (Å²) in [6.07, 6.45) is 86.2. The first-order chi connectivity index (χ1) is 39.8. The molecular weight excluding hydrogens is 1030 g/mol. The van der Waals surface area contributed by atoms with Gasteiger partial charge in [-0.25, -0.2) is 4.57 Å². The van der Waals surface area contributed by atoms with E-state index in [0.717, 1.165) is 57.8 Å². The lowest BCUT2D eigenvalue weighted by molar-refractivity contribution is -0.161. The molecule has 3 N–H and O–H groups in total. The first-order valence-corrected chi connectivity index (χ1v) is 36.3. The van der Waals surface area contributed by atoms with Crippen molar-refractivity contribution < 1.29 is 37.6 Å². The van der Waals surface area contributed by atoms with Gasteiger partial charge in [-0.05, 0) is 77.0 Å². The van der Waals surface area contributed by atoms with Gasteiger partial charge in [-0.3, -0.25) is 18.6 Å². The Labute approximate surface area is 501 Å². The van der Waals surface area contributed by atoms with Crippen molar-refractivity contribution in [1.29, 1.82) is 0 Å². The fraction of sp³-hybridized carbons (Fsp3) is 0.831. The van der Waals surface area contributed by atoms with Crippen molar-refractivity contribution in [2.75, 3.05) is 26.4 Å². The molecule has 0 aliphatic carbocycles. The lowest BCUT2D eigenvalue weighted by Gasteiger charge is -2.19. The summed E-state index contributed by atoms with van der Waals surface area (Å²) in [5.41, 5.74) is 5.40. The van der Waals surface area contributed by atoms with Crippen LogP contribution in [-0.2, 0) is 32.7 Å². The number of unbranched alkanes of at least 4 members (excludes halogenated alkanes) is 43. The summed E-state index contributed by atoms with van der Waals surface area (Å²) in [5.74, 6) is -0.812. The summed E-state index contributed by atoms with van der Waals surface area (Å²) in [6.45, 7) is 3.68. The lowest BCUT2D eigenvalue weighted by atomic mass is 10.0. The summed E-state index contributed by atoms with van der Waals surface area (Å²) in [5, 5.41) is 0. The third-order valence-corrected chi connectivity index (χ3v) is 16.4. The predicted octanol–water partition coefficient (Wildman–Crippen LogP) is 22.6. The molecule has 0 bridgehead atoms. The number of phosphoric ester groups is 1. The molecule has 0 aliphatic rings. The van der Waals surface area contributed by atoms with Crippen LogP contribution >= 0.6 is 7.82 Å². The molecule has 81 heavy (non-hydrogen) atoms. The van der Waals surface area contributed by atoms with Crippen LogP contribution in [0.25, 0.3) is 0 Å². The van der Waals surface area contributed by atoms with Gasteiger partial charge in [0.1, 0.15) is 6.61 Å². The Balaban J connectivity index is 3.75. The zero-order valence-corrected chi connectivity index (χ0v) is 54.2. The van der Waals surface area contributed by atoms with Crippen LogP contribution in [0.3, 0.4) is 0 Å². The van der Waals surface area contributed by atoms with Gasteiger partial charge in [-0.15, -0.1) is 0 Å². The van der Waals surface area contributed by atoms with E-state index in [1.165, 1.54) is 257 Å². The SMILES string of the molecule is CC/C=C\C/C=C\C/C=C\C/C=C\CCCCCCCCCCCCCCCCCCCCCCCCCCCCCCC(=O)OC(COC(=O)CCCCCCCCCCC/C=C\CCCCCCCC)COP(=O)(O)OCCN. The van der Waals surface area contributed by atoms with E-state index in [4.69, 9.17) is 24.3 Å². The van der Waals surface area contributed by atoms with Crippen LogP contribution in [0.5, 0.6) is 0 Å². The number of esters is 2. The van der Waals surface area contributed by atoms with Gasteiger partial charge in [0.15, 0.2) is 6.10 Å². The fourth-order valence-electron chi connectivity index (χ4n) is 10.3. The molecule has 0 amide bonds. The van der Waals surface area contributed by atoms with Crippen LogP contribution in [-0.4, -0.2) is 49.3 Å². The molecule has 0 saturated carbocycles. The molecule has 10 heteroatoms. The van der Waals surface area contributed by atoms with E-state index < -0.39 is 26.5 Å². The number of hydrogen-bond acceptors (Lipinski definition) is 8. The number of rotatable bonds is 66. The molecule has 0 spiro atoms. The Kier molecular flexibility index (Phi) is 65.0. The van der Waals surface area contributed by atoms with Crippen molar-refractivity contribution in [2.24, 2.45) is 5.73 Å². The highest BCUT2D eigenvalue weighted by Crippen LogP contribution is 2.43. The van der Waals surface area contributed by atoms with Crippen LogP contribution < -0.4 is 5.73 Å².